The molecule has 0 amide bonds. The highest BCUT2D eigenvalue weighted by Gasteiger charge is 2.35. The first-order valence-electron chi connectivity index (χ1n) is 7.07. The molecule has 2 aromatic heterocycles. The third kappa shape index (κ3) is 2.45. The number of fused-ring (bicyclic) bond motifs is 1. The van der Waals surface area contributed by atoms with Crippen LogP contribution >= 0.6 is 0 Å². The van der Waals surface area contributed by atoms with Gasteiger partial charge in [0.2, 0.25) is 5.95 Å². The maximum absolute atomic E-state index is 12.5. The molecule has 0 fully saturated rings. The van der Waals surface area contributed by atoms with Crippen LogP contribution in [0.2, 0.25) is 0 Å². The number of aromatic nitrogens is 4. The molecule has 0 aromatic carbocycles. The van der Waals surface area contributed by atoms with Gasteiger partial charge in [0.1, 0.15) is 12.4 Å². The highest BCUT2D eigenvalue weighted by molar-refractivity contribution is 5.92. The van der Waals surface area contributed by atoms with Crippen LogP contribution < -0.4 is 5.32 Å². The minimum absolute atomic E-state index is 0.200. The van der Waals surface area contributed by atoms with E-state index < -0.39 is 6.04 Å². The molecule has 0 unspecified atom stereocenters. The van der Waals surface area contributed by atoms with E-state index in [1.54, 1.807) is 10.9 Å². The van der Waals surface area contributed by atoms with Crippen LogP contribution in [-0.4, -0.2) is 31.8 Å². The lowest BCUT2D eigenvalue weighted by molar-refractivity contribution is -0.143. The van der Waals surface area contributed by atoms with Crippen molar-refractivity contribution in [2.45, 2.75) is 32.9 Å². The second-order valence-electron chi connectivity index (χ2n) is 5.30. The van der Waals surface area contributed by atoms with Crippen molar-refractivity contribution in [2.24, 2.45) is 0 Å². The summed E-state index contributed by atoms with van der Waals surface area (Å²) in [5.41, 5.74) is 1.90. The van der Waals surface area contributed by atoms with Crippen LogP contribution in [0.5, 0.6) is 0 Å². The van der Waals surface area contributed by atoms with E-state index in [2.05, 4.69) is 20.4 Å². The van der Waals surface area contributed by atoms with Crippen molar-refractivity contribution < 1.29 is 9.53 Å². The number of nitrogens with zero attached hydrogens (tertiary/aromatic N) is 4. The van der Waals surface area contributed by atoms with Crippen LogP contribution in [0.1, 0.15) is 32.5 Å². The van der Waals surface area contributed by atoms with Gasteiger partial charge in [0, 0.05) is 11.9 Å². The van der Waals surface area contributed by atoms with E-state index in [9.17, 15) is 4.79 Å². The molecule has 0 spiro atoms. The average Bonchev–Trinajstić information content (AvgIpc) is 2.93. The van der Waals surface area contributed by atoms with Crippen LogP contribution in [0.25, 0.3) is 0 Å². The third-order valence-electron chi connectivity index (χ3n) is 3.32. The highest BCUT2D eigenvalue weighted by Crippen LogP contribution is 2.34. The Morgan fingerprint density at radius 1 is 1.36 bits per heavy atom. The minimum Gasteiger partial charge on any atom is -0.459 e. The number of rotatable bonds is 3. The molecule has 22 heavy (non-hydrogen) atoms. The van der Waals surface area contributed by atoms with E-state index in [1.807, 2.05) is 39.0 Å². The standard InChI is InChI=1S/C15H17N5O2/c1-9(2)22-14(21)12-10(3)19-15-17-8-18-20(15)13(12)11-6-4-5-7-16-11/h4-9,13H,1-3H3,(H,17,18,19)/t13-/m0/s1. The summed E-state index contributed by atoms with van der Waals surface area (Å²) in [4.78, 5) is 21.1. The molecule has 0 saturated carbocycles. The number of hydrogen-bond donors (Lipinski definition) is 1. The number of carbonyl (C=O) groups is 1. The minimum atomic E-state index is -0.453. The zero-order valence-electron chi connectivity index (χ0n) is 12.6. The first kappa shape index (κ1) is 14.2. The number of anilines is 1. The van der Waals surface area contributed by atoms with Gasteiger partial charge < -0.3 is 10.1 Å². The smallest absolute Gasteiger partial charge is 0.338 e. The Labute approximate surface area is 128 Å². The van der Waals surface area contributed by atoms with E-state index in [4.69, 9.17) is 4.74 Å². The first-order chi connectivity index (χ1) is 10.6. The van der Waals surface area contributed by atoms with E-state index in [0.717, 1.165) is 0 Å². The summed E-state index contributed by atoms with van der Waals surface area (Å²) in [6, 6.07) is 5.11. The van der Waals surface area contributed by atoms with Gasteiger partial charge in [-0.05, 0) is 32.9 Å². The largest absolute Gasteiger partial charge is 0.459 e. The van der Waals surface area contributed by atoms with Crippen molar-refractivity contribution in [3.8, 4) is 0 Å². The van der Waals surface area contributed by atoms with Crippen molar-refractivity contribution in [2.75, 3.05) is 5.32 Å². The Bertz CT molecular complexity index is 721. The predicted octanol–water partition coefficient (Wildman–Crippen LogP) is 1.91. The summed E-state index contributed by atoms with van der Waals surface area (Å²) in [5.74, 6) is 0.200. The van der Waals surface area contributed by atoms with Crippen molar-refractivity contribution in [3.05, 3.63) is 47.7 Å². The Morgan fingerprint density at radius 2 is 2.18 bits per heavy atom. The third-order valence-corrected chi connectivity index (χ3v) is 3.32. The molecule has 0 bridgehead atoms. The molecule has 1 aliphatic rings. The maximum atomic E-state index is 12.5. The SMILES string of the molecule is CC1=C(C(=O)OC(C)C)[C@H](c2ccccn2)n2ncnc2N1. The molecular weight excluding hydrogens is 282 g/mol. The fourth-order valence-corrected chi connectivity index (χ4v) is 2.44. The molecule has 0 radical (unpaired) electrons. The number of allylic oxidation sites excluding steroid dienone is 1. The van der Waals surface area contributed by atoms with E-state index >= 15 is 0 Å². The van der Waals surface area contributed by atoms with Crippen LogP contribution in [0.3, 0.4) is 0 Å². The highest BCUT2D eigenvalue weighted by atomic mass is 16.5. The molecule has 0 aliphatic carbocycles. The second-order valence-corrected chi connectivity index (χ2v) is 5.30. The van der Waals surface area contributed by atoms with E-state index in [1.165, 1.54) is 6.33 Å². The molecule has 7 heteroatoms. The summed E-state index contributed by atoms with van der Waals surface area (Å²) in [5, 5.41) is 7.31. The lowest BCUT2D eigenvalue weighted by Crippen LogP contribution is -2.31. The zero-order chi connectivity index (χ0) is 15.7. The molecule has 2 aromatic rings. The van der Waals surface area contributed by atoms with Gasteiger partial charge in [-0.3, -0.25) is 4.98 Å². The van der Waals surface area contributed by atoms with Gasteiger partial charge in [-0.1, -0.05) is 6.07 Å². The van der Waals surface area contributed by atoms with Crippen molar-refractivity contribution in [1.82, 2.24) is 19.7 Å². The van der Waals surface area contributed by atoms with E-state index in [0.29, 0.717) is 22.9 Å². The van der Waals surface area contributed by atoms with Crippen molar-refractivity contribution in [3.63, 3.8) is 0 Å². The Morgan fingerprint density at radius 3 is 2.86 bits per heavy atom. The fraction of sp³-hybridized carbons (Fsp3) is 0.333. The normalized spacial score (nSPS) is 17.2. The summed E-state index contributed by atoms with van der Waals surface area (Å²) in [7, 11) is 0. The molecule has 1 aliphatic heterocycles. The van der Waals surface area contributed by atoms with Gasteiger partial charge in [0.05, 0.1) is 17.4 Å². The Hall–Kier alpha value is -2.70. The quantitative estimate of drug-likeness (QED) is 0.872. The van der Waals surface area contributed by atoms with Gasteiger partial charge in [-0.25, -0.2) is 9.48 Å². The van der Waals surface area contributed by atoms with Crippen LogP contribution in [0, 0.1) is 0 Å². The number of hydrogen-bond acceptors (Lipinski definition) is 6. The molecule has 3 rings (SSSR count). The van der Waals surface area contributed by atoms with Crippen LogP contribution in [-0.2, 0) is 9.53 Å². The number of nitrogens with one attached hydrogen (secondary N) is 1. The number of esters is 1. The molecule has 0 saturated heterocycles. The van der Waals surface area contributed by atoms with Gasteiger partial charge in [0.15, 0.2) is 0 Å². The predicted molar refractivity (Wildman–Crippen MR) is 79.9 cm³/mol. The van der Waals surface area contributed by atoms with Crippen molar-refractivity contribution in [1.29, 1.82) is 0 Å². The summed E-state index contributed by atoms with van der Waals surface area (Å²) in [6.07, 6.45) is 2.94. The monoisotopic (exact) mass is 299 g/mol. The van der Waals surface area contributed by atoms with Gasteiger partial charge in [-0.2, -0.15) is 10.1 Å². The molecule has 1 N–H and O–H groups in total. The lowest BCUT2D eigenvalue weighted by atomic mass is 10.00. The fourth-order valence-electron chi connectivity index (χ4n) is 2.44. The number of carbonyl (C=O) groups excluding carboxylic acids is 1. The second kappa shape index (κ2) is 5.59. The molecule has 114 valence electrons. The first-order valence-corrected chi connectivity index (χ1v) is 7.07. The zero-order valence-corrected chi connectivity index (χ0v) is 12.6. The number of pyridine rings is 1. The lowest BCUT2D eigenvalue weighted by Gasteiger charge is -2.27. The Balaban J connectivity index is 2.10. The van der Waals surface area contributed by atoms with Crippen LogP contribution in [0.4, 0.5) is 5.95 Å². The maximum Gasteiger partial charge on any atom is 0.338 e. The van der Waals surface area contributed by atoms with Gasteiger partial charge >= 0.3 is 5.97 Å². The molecule has 3 heterocycles. The van der Waals surface area contributed by atoms with Gasteiger partial charge in [-0.15, -0.1) is 0 Å². The Kier molecular flexibility index (Phi) is 3.62. The molecular formula is C15H17N5O2. The average molecular weight is 299 g/mol. The van der Waals surface area contributed by atoms with Crippen LogP contribution in [0.15, 0.2) is 42.0 Å². The summed E-state index contributed by atoms with van der Waals surface area (Å²) < 4.78 is 7.02. The molecule has 7 nitrogen and oxygen atoms in total. The van der Waals surface area contributed by atoms with E-state index in [-0.39, 0.29) is 12.1 Å². The molecule has 1 atom stereocenters. The summed E-state index contributed by atoms with van der Waals surface area (Å²) >= 11 is 0. The summed E-state index contributed by atoms with van der Waals surface area (Å²) in [6.45, 7) is 5.46. The topological polar surface area (TPSA) is 81.9 Å². The van der Waals surface area contributed by atoms with Gasteiger partial charge in [0.25, 0.3) is 0 Å². The van der Waals surface area contributed by atoms with Crippen molar-refractivity contribution >= 4 is 11.9 Å². The number of ether oxygens (including phenoxy) is 1.